The van der Waals surface area contributed by atoms with Crippen LogP contribution < -0.4 is 4.90 Å². The molecule has 7 rings (SSSR count). The molecule has 0 spiro atoms. The van der Waals surface area contributed by atoms with E-state index in [1.807, 2.05) is 12.1 Å². The molecule has 0 aromatic heterocycles. The first kappa shape index (κ1) is 19.1. The van der Waals surface area contributed by atoms with Gasteiger partial charge in [0.1, 0.15) is 0 Å². The smallest absolute Gasteiger partial charge is 0.238 e. The Labute approximate surface area is 190 Å². The molecule has 5 heteroatoms. The molecule has 0 N–H and O–H groups in total. The third-order valence-electron chi connectivity index (χ3n) is 7.16. The van der Waals surface area contributed by atoms with Gasteiger partial charge in [-0.1, -0.05) is 72.6 Å². The summed E-state index contributed by atoms with van der Waals surface area (Å²) >= 11 is 12.6. The quantitative estimate of drug-likeness (QED) is 0.454. The molecule has 3 aliphatic carbocycles. The molecule has 0 unspecified atom stereocenters. The molecule has 3 aromatic carbocycles. The Morgan fingerprint density at radius 1 is 0.774 bits per heavy atom. The third-order valence-corrected chi connectivity index (χ3v) is 7.72. The second-order valence-electron chi connectivity index (χ2n) is 8.56. The minimum Gasteiger partial charge on any atom is -0.274 e. The highest BCUT2D eigenvalue weighted by Gasteiger charge is 2.62. The largest absolute Gasteiger partial charge is 0.274 e. The van der Waals surface area contributed by atoms with Gasteiger partial charge >= 0.3 is 0 Å². The highest BCUT2D eigenvalue weighted by atomic mass is 35.5. The van der Waals surface area contributed by atoms with Crippen LogP contribution in [0.4, 0.5) is 5.69 Å². The maximum absolute atomic E-state index is 13.8. The van der Waals surface area contributed by atoms with Gasteiger partial charge in [-0.15, -0.1) is 0 Å². The van der Waals surface area contributed by atoms with E-state index in [-0.39, 0.29) is 23.7 Å². The van der Waals surface area contributed by atoms with Gasteiger partial charge in [-0.25, -0.2) is 4.90 Å². The minimum atomic E-state index is -0.429. The summed E-state index contributed by atoms with van der Waals surface area (Å²) in [4.78, 5) is 28.8. The van der Waals surface area contributed by atoms with Crippen molar-refractivity contribution in [1.29, 1.82) is 0 Å². The van der Waals surface area contributed by atoms with E-state index in [9.17, 15) is 9.59 Å². The maximum Gasteiger partial charge on any atom is 0.238 e. The number of hydrogen-bond donors (Lipinski definition) is 0. The molecule has 154 valence electrons. The minimum absolute atomic E-state index is 0.132. The molecule has 4 atom stereocenters. The van der Waals surface area contributed by atoms with Crippen molar-refractivity contribution < 1.29 is 9.59 Å². The van der Waals surface area contributed by atoms with Crippen LogP contribution in [-0.2, 0) is 16.0 Å². The van der Waals surface area contributed by atoms with Gasteiger partial charge < -0.3 is 0 Å². The molecule has 1 heterocycles. The highest BCUT2D eigenvalue weighted by molar-refractivity contribution is 6.38. The van der Waals surface area contributed by atoms with E-state index >= 15 is 0 Å². The Morgan fingerprint density at radius 3 is 2.03 bits per heavy atom. The van der Waals surface area contributed by atoms with Crippen molar-refractivity contribution >= 4 is 40.7 Å². The number of aryl methyl sites for hydroxylation is 1. The number of carbonyl (C=O) groups is 2. The zero-order chi connectivity index (χ0) is 21.4. The van der Waals surface area contributed by atoms with Crippen LogP contribution in [0.5, 0.6) is 0 Å². The summed E-state index contributed by atoms with van der Waals surface area (Å²) in [6.45, 7) is 2.13. The molecule has 1 aliphatic heterocycles. The first-order valence-electron chi connectivity index (χ1n) is 10.6. The monoisotopic (exact) mass is 447 g/mol. The molecular weight excluding hydrogens is 429 g/mol. The van der Waals surface area contributed by atoms with E-state index in [0.717, 1.165) is 17.5 Å². The molecule has 2 amide bonds. The van der Waals surface area contributed by atoms with Gasteiger partial charge in [0, 0.05) is 16.9 Å². The topological polar surface area (TPSA) is 37.4 Å². The second-order valence-corrected chi connectivity index (χ2v) is 9.40. The van der Waals surface area contributed by atoms with Crippen LogP contribution >= 0.6 is 23.2 Å². The summed E-state index contributed by atoms with van der Waals surface area (Å²) in [5.41, 5.74) is 6.29. The van der Waals surface area contributed by atoms with Gasteiger partial charge in [0.15, 0.2) is 0 Å². The lowest BCUT2D eigenvalue weighted by molar-refractivity contribution is -0.122. The average molecular weight is 448 g/mol. The zero-order valence-corrected chi connectivity index (χ0v) is 18.3. The molecule has 0 radical (unpaired) electrons. The average Bonchev–Trinajstić information content (AvgIpc) is 3.05. The van der Waals surface area contributed by atoms with Crippen LogP contribution in [-0.4, -0.2) is 11.8 Å². The van der Waals surface area contributed by atoms with E-state index in [2.05, 4.69) is 37.3 Å². The number of carbonyl (C=O) groups excluding carboxylic acids is 2. The van der Waals surface area contributed by atoms with Crippen molar-refractivity contribution in [1.82, 2.24) is 0 Å². The van der Waals surface area contributed by atoms with Crippen LogP contribution in [0.1, 0.15) is 46.6 Å². The molecule has 4 aliphatic rings. The number of halogens is 2. The lowest BCUT2D eigenvalue weighted by atomic mass is 9.55. The maximum atomic E-state index is 13.8. The van der Waals surface area contributed by atoms with Gasteiger partial charge in [0.25, 0.3) is 0 Å². The molecular formula is C26H19Cl2NO2. The van der Waals surface area contributed by atoms with Gasteiger partial charge in [-0.05, 0) is 52.4 Å². The van der Waals surface area contributed by atoms with Crippen LogP contribution in [0.3, 0.4) is 0 Å². The number of benzene rings is 3. The van der Waals surface area contributed by atoms with Crippen molar-refractivity contribution in [2.75, 3.05) is 4.90 Å². The summed E-state index contributed by atoms with van der Waals surface area (Å²) in [5.74, 6) is -1.49. The normalized spacial score (nSPS) is 25.5. The Morgan fingerprint density at radius 2 is 1.39 bits per heavy atom. The van der Waals surface area contributed by atoms with Crippen LogP contribution in [0, 0.1) is 11.8 Å². The van der Waals surface area contributed by atoms with Crippen LogP contribution in [0.2, 0.25) is 10.0 Å². The van der Waals surface area contributed by atoms with Crippen molar-refractivity contribution in [3.05, 3.63) is 98.5 Å². The number of nitrogens with zero attached hydrogens (tertiary/aromatic N) is 1. The van der Waals surface area contributed by atoms with Crippen LogP contribution in [0.25, 0.3) is 0 Å². The fraction of sp³-hybridized carbons (Fsp3) is 0.231. The second kappa shape index (κ2) is 6.69. The summed E-state index contributed by atoms with van der Waals surface area (Å²) in [6.07, 6.45) is 0.928. The van der Waals surface area contributed by atoms with Crippen LogP contribution in [0.15, 0.2) is 60.7 Å². The molecule has 3 aromatic rings. The van der Waals surface area contributed by atoms with Crippen molar-refractivity contribution in [3.8, 4) is 0 Å². The Balaban J connectivity index is 1.58. The van der Waals surface area contributed by atoms with E-state index in [4.69, 9.17) is 23.2 Å². The number of anilines is 1. The summed E-state index contributed by atoms with van der Waals surface area (Å²) in [5, 5.41) is 0.789. The standard InChI is InChI=1S/C26H19Cl2NO2/c1-2-13-7-9-17-18(11-13)22-16-6-4-3-5-15(16)21(17)23-24(22)26(31)29(25(23)30)20-12-14(27)8-10-19(20)28/h3-12,21-24H,2H2,1H3/t21-,22-,23-,24+/m0/s1. The molecule has 31 heavy (non-hydrogen) atoms. The summed E-state index contributed by atoms with van der Waals surface area (Å²) in [6, 6.07) is 19.7. The third kappa shape index (κ3) is 2.48. The van der Waals surface area contributed by atoms with Gasteiger partial charge in [-0.2, -0.15) is 0 Å². The fourth-order valence-electron chi connectivity index (χ4n) is 5.89. The summed E-state index contributed by atoms with van der Waals surface area (Å²) < 4.78 is 0. The number of amides is 2. The predicted octanol–water partition coefficient (Wildman–Crippen LogP) is 5.95. The SMILES string of the molecule is CCc1ccc2c(c1)[C@@H]1c3ccccc3[C@@H]2[C@@H]2C(=O)N(c3cc(Cl)ccc3Cl)C(=O)[C@H]12. The zero-order valence-electron chi connectivity index (χ0n) is 16.8. The predicted molar refractivity (Wildman–Crippen MR) is 122 cm³/mol. The fourth-order valence-corrected chi connectivity index (χ4v) is 6.26. The molecule has 1 saturated heterocycles. The van der Waals surface area contributed by atoms with Crippen molar-refractivity contribution in [3.63, 3.8) is 0 Å². The molecule has 1 fully saturated rings. The van der Waals surface area contributed by atoms with E-state index in [0.29, 0.717) is 15.7 Å². The lowest BCUT2D eigenvalue weighted by Gasteiger charge is -2.46. The molecule has 0 saturated carbocycles. The van der Waals surface area contributed by atoms with E-state index in [1.54, 1.807) is 18.2 Å². The Kier molecular flexibility index (Phi) is 4.12. The number of imide groups is 1. The van der Waals surface area contributed by atoms with Crippen molar-refractivity contribution in [2.45, 2.75) is 25.2 Å². The lowest BCUT2D eigenvalue weighted by Crippen LogP contribution is -2.41. The van der Waals surface area contributed by atoms with Gasteiger partial charge in [-0.3, -0.25) is 9.59 Å². The first-order chi connectivity index (χ1) is 15.0. The first-order valence-corrected chi connectivity index (χ1v) is 11.3. The molecule has 3 nitrogen and oxygen atoms in total. The van der Waals surface area contributed by atoms with E-state index < -0.39 is 11.8 Å². The highest BCUT2D eigenvalue weighted by Crippen LogP contribution is 2.61. The number of rotatable bonds is 2. The van der Waals surface area contributed by atoms with Gasteiger partial charge in [0.2, 0.25) is 11.8 Å². The van der Waals surface area contributed by atoms with Crippen molar-refractivity contribution in [2.24, 2.45) is 11.8 Å². The van der Waals surface area contributed by atoms with Gasteiger partial charge in [0.05, 0.1) is 22.5 Å². The molecule has 2 bridgehead atoms. The Bertz CT molecular complexity index is 1280. The van der Waals surface area contributed by atoms with E-state index in [1.165, 1.54) is 21.6 Å². The summed E-state index contributed by atoms with van der Waals surface area (Å²) in [7, 11) is 0. The Hall–Kier alpha value is -2.62. The number of hydrogen-bond acceptors (Lipinski definition) is 2.